The zero-order valence-electron chi connectivity index (χ0n) is 32.0. The molecule has 0 unspecified atom stereocenters. The van der Waals surface area contributed by atoms with Crippen LogP contribution in [0.15, 0.2) is 194 Å². The van der Waals surface area contributed by atoms with Crippen molar-refractivity contribution in [1.82, 2.24) is 0 Å². The maximum absolute atomic E-state index is 2.50. The lowest BCUT2D eigenvalue weighted by atomic mass is 9.79. The summed E-state index contributed by atoms with van der Waals surface area (Å²) >= 11 is 0. The van der Waals surface area contributed by atoms with Gasteiger partial charge in [-0.2, -0.15) is 0 Å². The second-order valence-corrected chi connectivity index (χ2v) is 16.4. The first-order chi connectivity index (χ1) is 28.0. The van der Waals surface area contributed by atoms with Gasteiger partial charge in [0.2, 0.25) is 0 Å². The molecule has 0 spiro atoms. The Morgan fingerprint density at radius 3 is 1.44 bits per heavy atom. The highest BCUT2D eigenvalue weighted by Crippen LogP contribution is 2.55. The van der Waals surface area contributed by atoms with Gasteiger partial charge in [0, 0.05) is 5.41 Å². The summed E-state index contributed by atoms with van der Waals surface area (Å²) in [6, 6.07) is 72.6. The molecule has 0 nitrogen and oxygen atoms in total. The first-order valence-corrected chi connectivity index (χ1v) is 20.1. The van der Waals surface area contributed by atoms with E-state index in [1.807, 2.05) is 0 Å². The van der Waals surface area contributed by atoms with Crippen LogP contribution in [0.2, 0.25) is 0 Å². The van der Waals surface area contributed by atoms with Gasteiger partial charge < -0.3 is 0 Å². The number of rotatable bonds is 3. The van der Waals surface area contributed by atoms with Crippen LogP contribution in [0.3, 0.4) is 0 Å². The molecule has 12 rings (SSSR count). The molecule has 0 heteroatoms. The summed E-state index contributed by atoms with van der Waals surface area (Å²) in [4.78, 5) is 0. The molecule has 0 saturated heterocycles. The highest BCUT2D eigenvalue weighted by Gasteiger charge is 2.38. The summed E-state index contributed by atoms with van der Waals surface area (Å²) < 4.78 is 0. The fraction of sp³-hybridized carbons (Fsp3) is 0.0526. The minimum Gasteiger partial charge on any atom is -0.0616 e. The molecule has 0 aliphatic heterocycles. The van der Waals surface area contributed by atoms with Crippen molar-refractivity contribution in [3.05, 3.63) is 205 Å². The molecule has 0 saturated carbocycles. The molecule has 11 aromatic carbocycles. The molecule has 1 aliphatic rings. The molecular weight excluding hydrogens is 685 g/mol. The molecule has 11 aromatic rings. The van der Waals surface area contributed by atoms with Crippen molar-refractivity contribution in [3.63, 3.8) is 0 Å². The summed E-state index contributed by atoms with van der Waals surface area (Å²) in [5, 5.41) is 15.5. The third-order valence-corrected chi connectivity index (χ3v) is 12.9. The molecule has 0 heterocycles. The Bertz CT molecular complexity index is 3430. The monoisotopic (exact) mass is 722 g/mol. The molecule has 0 fully saturated rings. The molecule has 57 heavy (non-hydrogen) atoms. The highest BCUT2D eigenvalue weighted by atomic mass is 14.4. The van der Waals surface area contributed by atoms with Gasteiger partial charge in [0.25, 0.3) is 0 Å². The lowest BCUT2D eigenvalue weighted by Gasteiger charge is -2.24. The third-order valence-electron chi connectivity index (χ3n) is 12.9. The molecule has 0 aromatic heterocycles. The van der Waals surface area contributed by atoms with Crippen LogP contribution in [0.5, 0.6) is 0 Å². The lowest BCUT2D eigenvalue weighted by Crippen LogP contribution is -2.15. The van der Waals surface area contributed by atoms with Gasteiger partial charge in [-0.15, -0.1) is 0 Å². The highest BCUT2D eigenvalue weighted by molar-refractivity contribution is 6.23. The minimum atomic E-state index is -0.153. The van der Waals surface area contributed by atoms with Crippen LogP contribution >= 0.6 is 0 Å². The van der Waals surface area contributed by atoms with Crippen molar-refractivity contribution < 1.29 is 0 Å². The average Bonchev–Trinajstić information content (AvgIpc) is 3.50. The van der Waals surface area contributed by atoms with E-state index >= 15 is 0 Å². The first kappa shape index (κ1) is 32.2. The van der Waals surface area contributed by atoms with Gasteiger partial charge in [0.15, 0.2) is 0 Å². The van der Waals surface area contributed by atoms with Gasteiger partial charge in [-0.05, 0) is 145 Å². The van der Waals surface area contributed by atoms with E-state index in [0.29, 0.717) is 0 Å². The molecule has 0 radical (unpaired) electrons. The molecule has 0 bridgehead atoms. The normalized spacial score (nSPS) is 13.2. The van der Waals surface area contributed by atoms with Crippen molar-refractivity contribution >= 4 is 64.6 Å². The van der Waals surface area contributed by atoms with Gasteiger partial charge in [0.05, 0.1) is 0 Å². The van der Waals surface area contributed by atoms with Crippen LogP contribution in [0, 0.1) is 0 Å². The summed E-state index contributed by atoms with van der Waals surface area (Å²) in [6.07, 6.45) is 0. The molecule has 266 valence electrons. The van der Waals surface area contributed by atoms with Crippen molar-refractivity contribution in [2.45, 2.75) is 19.3 Å². The number of hydrogen-bond acceptors (Lipinski definition) is 0. The van der Waals surface area contributed by atoms with E-state index in [4.69, 9.17) is 0 Å². The van der Waals surface area contributed by atoms with Crippen LogP contribution in [-0.4, -0.2) is 0 Å². The van der Waals surface area contributed by atoms with Gasteiger partial charge in [-0.1, -0.05) is 184 Å². The van der Waals surface area contributed by atoms with E-state index in [1.165, 1.54) is 120 Å². The standard InChI is InChI=1S/C57H38/c1-57(2)52-34-40-32-39(30-29-36(40)33-51(52)55-45-22-7-5-20-43(45)44-21-6-12-27-50(44)56(55)57)54-48-25-10-8-23-46(48)53(47-24-9-11-26-49(47)54)38-18-13-17-37(31-38)42-28-14-16-35-15-3-4-19-41(35)42/h3-34H,1-2H3. The van der Waals surface area contributed by atoms with E-state index < -0.39 is 0 Å². The largest absolute Gasteiger partial charge is 0.0616 e. The summed E-state index contributed by atoms with van der Waals surface area (Å²) in [6.45, 7) is 4.84. The zero-order valence-corrected chi connectivity index (χ0v) is 32.0. The van der Waals surface area contributed by atoms with Crippen molar-refractivity contribution in [3.8, 4) is 44.5 Å². The Hall–Kier alpha value is -7.02. The molecule has 0 N–H and O–H groups in total. The lowest BCUT2D eigenvalue weighted by molar-refractivity contribution is 0.667. The molecule has 1 aliphatic carbocycles. The van der Waals surface area contributed by atoms with Gasteiger partial charge in [-0.3, -0.25) is 0 Å². The average molecular weight is 723 g/mol. The first-order valence-electron chi connectivity index (χ1n) is 20.1. The maximum Gasteiger partial charge on any atom is 0.0165 e. The smallest absolute Gasteiger partial charge is 0.0165 e. The fourth-order valence-corrected chi connectivity index (χ4v) is 10.5. The Balaban J connectivity index is 1.07. The summed E-state index contributed by atoms with van der Waals surface area (Å²) in [5.41, 5.74) is 13.0. The number of hydrogen-bond donors (Lipinski definition) is 0. The maximum atomic E-state index is 2.50. The second kappa shape index (κ2) is 12.0. The van der Waals surface area contributed by atoms with E-state index in [2.05, 4.69) is 208 Å². The van der Waals surface area contributed by atoms with Crippen LogP contribution in [0.4, 0.5) is 0 Å². The Morgan fingerprint density at radius 2 is 0.772 bits per heavy atom. The van der Waals surface area contributed by atoms with E-state index in [9.17, 15) is 0 Å². The SMILES string of the molecule is CC1(C)c2cc3cc(-c4c5ccccc5c(-c5cccc(-c6cccc7ccccc67)c5)c5ccccc45)ccc3cc2-c2c1c1ccccc1c1ccccc21. The zero-order chi connectivity index (χ0) is 37.8. The van der Waals surface area contributed by atoms with Gasteiger partial charge in [0.1, 0.15) is 0 Å². The predicted octanol–water partition coefficient (Wildman–Crippen LogP) is 15.9. The van der Waals surface area contributed by atoms with Crippen LogP contribution < -0.4 is 0 Å². The minimum absolute atomic E-state index is 0.153. The van der Waals surface area contributed by atoms with Crippen LogP contribution in [0.25, 0.3) is 109 Å². The topological polar surface area (TPSA) is 0 Å². The summed E-state index contributed by atoms with van der Waals surface area (Å²) in [5.74, 6) is 0. The number of fused-ring (bicyclic) bond motifs is 12. The predicted molar refractivity (Wildman–Crippen MR) is 245 cm³/mol. The van der Waals surface area contributed by atoms with Gasteiger partial charge >= 0.3 is 0 Å². The van der Waals surface area contributed by atoms with E-state index in [-0.39, 0.29) is 5.41 Å². The molecule has 0 amide bonds. The van der Waals surface area contributed by atoms with E-state index in [0.717, 1.165) is 0 Å². The number of benzene rings is 11. The Kier molecular flexibility index (Phi) is 6.78. The quantitative estimate of drug-likeness (QED) is 0.126. The molecular formula is C57H38. The Labute approximate surface area is 332 Å². The van der Waals surface area contributed by atoms with Crippen molar-refractivity contribution in [2.75, 3.05) is 0 Å². The van der Waals surface area contributed by atoms with E-state index in [1.54, 1.807) is 0 Å². The third kappa shape index (κ3) is 4.62. The van der Waals surface area contributed by atoms with Crippen molar-refractivity contribution in [2.24, 2.45) is 0 Å². The van der Waals surface area contributed by atoms with Gasteiger partial charge in [-0.25, -0.2) is 0 Å². The second-order valence-electron chi connectivity index (χ2n) is 16.4. The van der Waals surface area contributed by atoms with Crippen molar-refractivity contribution in [1.29, 1.82) is 0 Å². The molecule has 0 atom stereocenters. The summed E-state index contributed by atoms with van der Waals surface area (Å²) in [7, 11) is 0. The fourth-order valence-electron chi connectivity index (χ4n) is 10.5. The van der Waals surface area contributed by atoms with Crippen LogP contribution in [-0.2, 0) is 5.41 Å². The Morgan fingerprint density at radius 1 is 0.281 bits per heavy atom. The van der Waals surface area contributed by atoms with Crippen LogP contribution in [0.1, 0.15) is 25.0 Å².